The van der Waals surface area contributed by atoms with Crippen LogP contribution in [0.2, 0.25) is 0 Å². The summed E-state index contributed by atoms with van der Waals surface area (Å²) in [6, 6.07) is 6.00. The van der Waals surface area contributed by atoms with Crippen molar-refractivity contribution in [2.45, 2.75) is 40.0 Å². The first-order valence-corrected chi connectivity index (χ1v) is 7.62. The lowest BCUT2D eigenvalue weighted by molar-refractivity contribution is -0.127. The van der Waals surface area contributed by atoms with E-state index in [9.17, 15) is 9.59 Å². The second-order valence-electron chi connectivity index (χ2n) is 5.83. The van der Waals surface area contributed by atoms with Crippen LogP contribution in [0.25, 0.3) is 0 Å². The van der Waals surface area contributed by atoms with E-state index in [0.29, 0.717) is 13.1 Å². The van der Waals surface area contributed by atoms with Gasteiger partial charge in [-0.1, -0.05) is 24.6 Å². The first kappa shape index (κ1) is 15.5. The first-order chi connectivity index (χ1) is 10.0. The summed E-state index contributed by atoms with van der Waals surface area (Å²) in [7, 11) is 0. The molecule has 0 saturated heterocycles. The Hall–Kier alpha value is -1.84. The number of amides is 2. The molecule has 1 aliphatic carbocycles. The number of rotatable bonds is 5. The molecule has 21 heavy (non-hydrogen) atoms. The smallest absolute Gasteiger partial charge is 0.223 e. The molecule has 1 N–H and O–H groups in total. The lowest BCUT2D eigenvalue weighted by Gasteiger charge is -2.27. The fourth-order valence-corrected chi connectivity index (χ4v) is 2.76. The molecule has 0 aromatic heterocycles. The molecule has 114 valence electrons. The predicted molar refractivity (Wildman–Crippen MR) is 84.3 cm³/mol. The molecule has 0 bridgehead atoms. The van der Waals surface area contributed by atoms with E-state index in [1.807, 2.05) is 32.0 Å². The molecule has 1 aliphatic rings. The van der Waals surface area contributed by atoms with Gasteiger partial charge in [0.15, 0.2) is 0 Å². The minimum atomic E-state index is 0.00490. The van der Waals surface area contributed by atoms with Crippen LogP contribution in [0.1, 0.15) is 37.3 Å². The number of aryl methyl sites for hydroxylation is 2. The van der Waals surface area contributed by atoms with Crippen LogP contribution in [-0.2, 0) is 9.59 Å². The van der Waals surface area contributed by atoms with Crippen molar-refractivity contribution < 1.29 is 9.59 Å². The molecule has 0 radical (unpaired) electrons. The van der Waals surface area contributed by atoms with Crippen LogP contribution >= 0.6 is 0 Å². The van der Waals surface area contributed by atoms with E-state index in [2.05, 4.69) is 5.32 Å². The minimum Gasteiger partial charge on any atom is -0.354 e. The summed E-state index contributed by atoms with van der Waals surface area (Å²) in [5.74, 6) is 0.326. The number of anilines is 1. The Kier molecular flexibility index (Phi) is 4.99. The Labute approximate surface area is 126 Å². The summed E-state index contributed by atoms with van der Waals surface area (Å²) in [6.07, 6.45) is 3.15. The van der Waals surface area contributed by atoms with Gasteiger partial charge in [-0.05, 0) is 37.8 Å². The number of nitrogens with zero attached hydrogens (tertiary/aromatic N) is 1. The molecule has 2 amide bonds. The van der Waals surface area contributed by atoms with Crippen molar-refractivity contribution in [3.63, 3.8) is 0 Å². The minimum absolute atomic E-state index is 0.00490. The summed E-state index contributed by atoms with van der Waals surface area (Å²) in [5.41, 5.74) is 3.12. The lowest BCUT2D eigenvalue weighted by atomic mass is 9.85. The zero-order valence-corrected chi connectivity index (χ0v) is 13.1. The van der Waals surface area contributed by atoms with Crippen LogP contribution in [0.15, 0.2) is 18.2 Å². The molecule has 0 spiro atoms. The molecular formula is C17H24N2O2. The SMILES string of the molecule is CC(=O)N(CCNC(=O)C1CCC1)c1c(C)cccc1C. The topological polar surface area (TPSA) is 49.4 Å². The maximum atomic E-state index is 11.9. The number of hydrogen-bond donors (Lipinski definition) is 1. The highest BCUT2D eigenvalue weighted by Gasteiger charge is 2.25. The number of para-hydroxylation sites is 1. The number of carbonyl (C=O) groups is 2. The highest BCUT2D eigenvalue weighted by atomic mass is 16.2. The quantitative estimate of drug-likeness (QED) is 0.905. The maximum absolute atomic E-state index is 11.9. The van der Waals surface area contributed by atoms with Crippen molar-refractivity contribution >= 4 is 17.5 Å². The second-order valence-corrected chi connectivity index (χ2v) is 5.83. The maximum Gasteiger partial charge on any atom is 0.223 e. The average Bonchev–Trinajstić information content (AvgIpc) is 2.34. The Bertz CT molecular complexity index is 515. The van der Waals surface area contributed by atoms with Gasteiger partial charge in [0, 0.05) is 31.6 Å². The highest BCUT2D eigenvalue weighted by Crippen LogP contribution is 2.26. The fourth-order valence-electron chi connectivity index (χ4n) is 2.76. The van der Waals surface area contributed by atoms with E-state index in [-0.39, 0.29) is 17.7 Å². The van der Waals surface area contributed by atoms with Gasteiger partial charge in [0.25, 0.3) is 0 Å². The van der Waals surface area contributed by atoms with Crippen LogP contribution in [0.3, 0.4) is 0 Å². The van der Waals surface area contributed by atoms with Crippen LogP contribution in [0.5, 0.6) is 0 Å². The Morgan fingerprint density at radius 2 is 1.86 bits per heavy atom. The average molecular weight is 288 g/mol. The Morgan fingerprint density at radius 1 is 1.24 bits per heavy atom. The van der Waals surface area contributed by atoms with Gasteiger partial charge in [-0.2, -0.15) is 0 Å². The number of hydrogen-bond acceptors (Lipinski definition) is 2. The monoisotopic (exact) mass is 288 g/mol. The van der Waals surface area contributed by atoms with Crippen LogP contribution < -0.4 is 10.2 Å². The zero-order valence-electron chi connectivity index (χ0n) is 13.1. The van der Waals surface area contributed by atoms with Crippen molar-refractivity contribution in [3.8, 4) is 0 Å². The summed E-state index contributed by atoms with van der Waals surface area (Å²) in [5, 5.41) is 2.95. The molecule has 2 rings (SSSR count). The van der Waals surface area contributed by atoms with Crippen LogP contribution in [-0.4, -0.2) is 24.9 Å². The molecule has 0 heterocycles. The normalized spacial score (nSPS) is 14.4. The predicted octanol–water partition coefficient (Wildman–Crippen LogP) is 2.57. The van der Waals surface area contributed by atoms with E-state index in [1.165, 1.54) is 0 Å². The van der Waals surface area contributed by atoms with Crippen molar-refractivity contribution in [3.05, 3.63) is 29.3 Å². The fraction of sp³-hybridized carbons (Fsp3) is 0.529. The molecule has 0 aliphatic heterocycles. The third kappa shape index (κ3) is 3.63. The zero-order chi connectivity index (χ0) is 15.4. The number of carbonyl (C=O) groups excluding carboxylic acids is 2. The van der Waals surface area contributed by atoms with Gasteiger partial charge in [-0.25, -0.2) is 0 Å². The molecule has 1 fully saturated rings. The Morgan fingerprint density at radius 3 is 2.33 bits per heavy atom. The summed E-state index contributed by atoms with van der Waals surface area (Å²) >= 11 is 0. The van der Waals surface area contributed by atoms with Gasteiger partial charge in [0.05, 0.1) is 0 Å². The van der Waals surface area contributed by atoms with Gasteiger partial charge in [-0.15, -0.1) is 0 Å². The van der Waals surface area contributed by atoms with Crippen molar-refractivity contribution in [2.75, 3.05) is 18.0 Å². The third-order valence-electron chi connectivity index (χ3n) is 4.20. The molecule has 1 saturated carbocycles. The van der Waals surface area contributed by atoms with Gasteiger partial charge in [0.2, 0.25) is 11.8 Å². The Balaban J connectivity index is 1.99. The van der Waals surface area contributed by atoms with Gasteiger partial charge >= 0.3 is 0 Å². The van der Waals surface area contributed by atoms with Gasteiger partial charge in [0.1, 0.15) is 0 Å². The number of nitrogens with one attached hydrogen (secondary N) is 1. The summed E-state index contributed by atoms with van der Waals surface area (Å²) in [4.78, 5) is 25.5. The first-order valence-electron chi connectivity index (χ1n) is 7.62. The molecule has 0 atom stereocenters. The van der Waals surface area contributed by atoms with Crippen molar-refractivity contribution in [1.29, 1.82) is 0 Å². The lowest BCUT2D eigenvalue weighted by Crippen LogP contribution is -2.41. The molecule has 1 aromatic rings. The largest absolute Gasteiger partial charge is 0.354 e. The summed E-state index contributed by atoms with van der Waals surface area (Å²) < 4.78 is 0. The molecular weight excluding hydrogens is 264 g/mol. The third-order valence-corrected chi connectivity index (χ3v) is 4.20. The molecule has 4 heteroatoms. The summed E-state index contributed by atoms with van der Waals surface area (Å²) in [6.45, 7) is 6.60. The van der Waals surface area contributed by atoms with Gasteiger partial charge < -0.3 is 10.2 Å². The van der Waals surface area contributed by atoms with E-state index >= 15 is 0 Å². The highest BCUT2D eigenvalue weighted by molar-refractivity contribution is 5.93. The number of benzene rings is 1. The van der Waals surface area contributed by atoms with Crippen LogP contribution in [0, 0.1) is 19.8 Å². The van der Waals surface area contributed by atoms with Crippen molar-refractivity contribution in [2.24, 2.45) is 5.92 Å². The molecule has 0 unspecified atom stereocenters. The molecule has 1 aromatic carbocycles. The van der Waals surface area contributed by atoms with Crippen LogP contribution in [0.4, 0.5) is 5.69 Å². The van der Waals surface area contributed by atoms with E-state index in [1.54, 1.807) is 11.8 Å². The second kappa shape index (κ2) is 6.74. The van der Waals surface area contributed by atoms with E-state index in [4.69, 9.17) is 0 Å². The van der Waals surface area contributed by atoms with E-state index in [0.717, 1.165) is 36.1 Å². The molecule has 4 nitrogen and oxygen atoms in total. The van der Waals surface area contributed by atoms with Crippen molar-refractivity contribution in [1.82, 2.24) is 5.32 Å². The van der Waals surface area contributed by atoms with Gasteiger partial charge in [-0.3, -0.25) is 9.59 Å². The van der Waals surface area contributed by atoms with E-state index < -0.39 is 0 Å². The standard InChI is InChI=1S/C17H24N2O2/c1-12-6-4-7-13(2)16(12)19(14(3)20)11-10-18-17(21)15-8-5-9-15/h4,6-7,15H,5,8-11H2,1-3H3,(H,18,21).